The number of anilines is 1. The molecule has 7 heteroatoms. The van der Waals surface area contributed by atoms with Gasteiger partial charge in [0.25, 0.3) is 5.91 Å². The van der Waals surface area contributed by atoms with E-state index in [-0.39, 0.29) is 11.7 Å². The molecule has 1 amide bonds. The molecule has 1 aromatic heterocycles. The molecule has 0 aliphatic carbocycles. The number of aryl methyl sites for hydroxylation is 1. The van der Waals surface area contributed by atoms with E-state index < -0.39 is 6.61 Å². The van der Waals surface area contributed by atoms with Crippen LogP contribution in [-0.2, 0) is 0 Å². The molecule has 1 heterocycles. The molecule has 0 saturated carbocycles. The summed E-state index contributed by atoms with van der Waals surface area (Å²) in [6.07, 6.45) is 0. The van der Waals surface area contributed by atoms with Crippen LogP contribution in [0.25, 0.3) is 10.4 Å². The number of amides is 1. The number of ether oxygens (including phenoxy) is 1. The first-order valence-electron chi connectivity index (χ1n) is 7.42. The van der Waals surface area contributed by atoms with Gasteiger partial charge in [-0.15, -0.1) is 0 Å². The molecule has 128 valence electrons. The van der Waals surface area contributed by atoms with E-state index in [1.807, 2.05) is 37.3 Å². The number of hydrogen-bond donors (Lipinski definition) is 1. The topological polar surface area (TPSA) is 51.2 Å². The summed E-state index contributed by atoms with van der Waals surface area (Å²) in [4.78, 5) is 17.6. The van der Waals surface area contributed by atoms with Gasteiger partial charge in [-0.3, -0.25) is 10.1 Å². The fourth-order valence-electron chi connectivity index (χ4n) is 2.26. The molecule has 0 unspecified atom stereocenters. The van der Waals surface area contributed by atoms with Crippen LogP contribution in [0.4, 0.5) is 13.9 Å². The second-order valence-electron chi connectivity index (χ2n) is 5.16. The van der Waals surface area contributed by atoms with E-state index in [9.17, 15) is 13.6 Å². The van der Waals surface area contributed by atoms with Crippen molar-refractivity contribution in [3.05, 3.63) is 65.9 Å². The van der Waals surface area contributed by atoms with E-state index in [0.29, 0.717) is 10.7 Å². The summed E-state index contributed by atoms with van der Waals surface area (Å²) in [7, 11) is 0. The lowest BCUT2D eigenvalue weighted by molar-refractivity contribution is -0.0498. The third kappa shape index (κ3) is 4.19. The number of nitrogens with zero attached hydrogens (tertiary/aromatic N) is 1. The summed E-state index contributed by atoms with van der Waals surface area (Å²) in [6.45, 7) is -1.01. The number of carbonyl (C=O) groups excluding carboxylic acids is 1. The number of halogens is 2. The number of carbonyl (C=O) groups is 1. The van der Waals surface area contributed by atoms with Gasteiger partial charge in [0.05, 0.1) is 10.6 Å². The second kappa shape index (κ2) is 7.40. The van der Waals surface area contributed by atoms with Gasteiger partial charge in [-0.2, -0.15) is 8.78 Å². The zero-order chi connectivity index (χ0) is 17.8. The van der Waals surface area contributed by atoms with Gasteiger partial charge >= 0.3 is 6.61 Å². The average Bonchev–Trinajstić information content (AvgIpc) is 2.96. The lowest BCUT2D eigenvalue weighted by atomic mass is 10.2. The Kier molecular flexibility index (Phi) is 5.04. The Labute approximate surface area is 147 Å². The molecular weight excluding hydrogens is 346 g/mol. The highest BCUT2D eigenvalue weighted by Gasteiger charge is 2.13. The van der Waals surface area contributed by atoms with Crippen LogP contribution in [0.15, 0.2) is 54.6 Å². The highest BCUT2D eigenvalue weighted by Crippen LogP contribution is 2.32. The van der Waals surface area contributed by atoms with Gasteiger partial charge in [0.1, 0.15) is 5.75 Å². The highest BCUT2D eigenvalue weighted by molar-refractivity contribution is 7.19. The molecule has 2 aromatic carbocycles. The molecule has 4 nitrogen and oxygen atoms in total. The van der Waals surface area contributed by atoms with Crippen LogP contribution in [0.5, 0.6) is 5.75 Å². The molecule has 0 atom stereocenters. The molecule has 0 bridgehead atoms. The van der Waals surface area contributed by atoms with E-state index in [0.717, 1.165) is 16.1 Å². The van der Waals surface area contributed by atoms with Crippen molar-refractivity contribution in [1.82, 2.24) is 4.98 Å². The van der Waals surface area contributed by atoms with Gasteiger partial charge in [-0.1, -0.05) is 41.7 Å². The molecule has 3 rings (SSSR count). The molecule has 1 N–H and O–H groups in total. The van der Waals surface area contributed by atoms with Crippen molar-refractivity contribution in [1.29, 1.82) is 0 Å². The second-order valence-corrected chi connectivity index (χ2v) is 6.16. The number of benzene rings is 2. The van der Waals surface area contributed by atoms with E-state index in [4.69, 9.17) is 0 Å². The van der Waals surface area contributed by atoms with Gasteiger partial charge < -0.3 is 4.74 Å². The molecule has 0 saturated heterocycles. The summed E-state index contributed by atoms with van der Waals surface area (Å²) in [5.74, 6) is -0.361. The van der Waals surface area contributed by atoms with Crippen molar-refractivity contribution in [2.24, 2.45) is 0 Å². The quantitative estimate of drug-likeness (QED) is 0.699. The minimum Gasteiger partial charge on any atom is -0.435 e. The fraction of sp³-hybridized carbons (Fsp3) is 0.111. The minimum atomic E-state index is -2.89. The number of hydrogen-bond acceptors (Lipinski definition) is 4. The molecule has 0 aliphatic rings. The number of aromatic nitrogens is 1. The zero-order valence-electron chi connectivity index (χ0n) is 13.2. The molecular formula is C18H14F2N2O2S. The van der Waals surface area contributed by atoms with Crippen LogP contribution in [0, 0.1) is 6.92 Å². The van der Waals surface area contributed by atoms with Crippen molar-refractivity contribution >= 4 is 22.4 Å². The number of thiazole rings is 1. The van der Waals surface area contributed by atoms with Crippen LogP contribution < -0.4 is 10.1 Å². The Morgan fingerprint density at radius 1 is 1.12 bits per heavy atom. The van der Waals surface area contributed by atoms with Crippen molar-refractivity contribution in [2.75, 3.05) is 5.32 Å². The van der Waals surface area contributed by atoms with Gasteiger partial charge in [0, 0.05) is 5.56 Å². The van der Waals surface area contributed by atoms with E-state index in [2.05, 4.69) is 15.0 Å². The van der Waals surface area contributed by atoms with Crippen molar-refractivity contribution in [3.8, 4) is 16.2 Å². The van der Waals surface area contributed by atoms with Crippen molar-refractivity contribution in [3.63, 3.8) is 0 Å². The SMILES string of the molecule is Cc1nc(NC(=O)c2ccc(OC(F)F)cc2)sc1-c1ccccc1. The first-order valence-corrected chi connectivity index (χ1v) is 8.23. The number of nitrogens with one attached hydrogen (secondary N) is 1. The lowest BCUT2D eigenvalue weighted by Gasteiger charge is -2.05. The van der Waals surface area contributed by atoms with Crippen LogP contribution >= 0.6 is 11.3 Å². The molecule has 0 radical (unpaired) electrons. The molecule has 3 aromatic rings. The summed E-state index contributed by atoms with van der Waals surface area (Å²) in [5, 5.41) is 3.21. The molecule has 0 aliphatic heterocycles. The maximum absolute atomic E-state index is 12.3. The smallest absolute Gasteiger partial charge is 0.387 e. The van der Waals surface area contributed by atoms with E-state index in [1.165, 1.54) is 35.6 Å². The predicted molar refractivity (Wildman–Crippen MR) is 93.3 cm³/mol. The summed E-state index contributed by atoms with van der Waals surface area (Å²) in [6, 6.07) is 15.3. The Morgan fingerprint density at radius 3 is 2.44 bits per heavy atom. The van der Waals surface area contributed by atoms with Crippen LogP contribution in [0.2, 0.25) is 0 Å². The largest absolute Gasteiger partial charge is 0.435 e. The van der Waals surface area contributed by atoms with Crippen LogP contribution in [0.1, 0.15) is 16.1 Å². The summed E-state index contributed by atoms with van der Waals surface area (Å²) < 4.78 is 28.5. The highest BCUT2D eigenvalue weighted by atomic mass is 32.1. The Hall–Kier alpha value is -2.80. The summed E-state index contributed by atoms with van der Waals surface area (Å²) in [5.41, 5.74) is 2.19. The van der Waals surface area contributed by atoms with E-state index >= 15 is 0 Å². The molecule has 0 fully saturated rings. The zero-order valence-corrected chi connectivity index (χ0v) is 14.0. The molecule has 0 spiro atoms. The predicted octanol–water partition coefficient (Wildman–Crippen LogP) is 4.97. The maximum Gasteiger partial charge on any atom is 0.387 e. The number of alkyl halides is 2. The number of rotatable bonds is 5. The first kappa shape index (κ1) is 17.0. The van der Waals surface area contributed by atoms with E-state index in [1.54, 1.807) is 0 Å². The third-order valence-corrected chi connectivity index (χ3v) is 4.52. The van der Waals surface area contributed by atoms with Crippen molar-refractivity contribution in [2.45, 2.75) is 13.5 Å². The Balaban J connectivity index is 1.73. The van der Waals surface area contributed by atoms with Gasteiger partial charge in [0.2, 0.25) is 0 Å². The van der Waals surface area contributed by atoms with Crippen molar-refractivity contribution < 1.29 is 18.3 Å². The maximum atomic E-state index is 12.3. The monoisotopic (exact) mass is 360 g/mol. The van der Waals surface area contributed by atoms with Crippen LogP contribution in [0.3, 0.4) is 0 Å². The average molecular weight is 360 g/mol. The first-order chi connectivity index (χ1) is 12.0. The van der Waals surface area contributed by atoms with Gasteiger partial charge in [0.15, 0.2) is 5.13 Å². The Morgan fingerprint density at radius 2 is 1.80 bits per heavy atom. The fourth-order valence-corrected chi connectivity index (χ4v) is 3.23. The summed E-state index contributed by atoms with van der Waals surface area (Å²) >= 11 is 1.38. The molecule has 25 heavy (non-hydrogen) atoms. The Bertz CT molecular complexity index is 865. The third-order valence-electron chi connectivity index (χ3n) is 3.39. The van der Waals surface area contributed by atoms with Crippen LogP contribution in [-0.4, -0.2) is 17.5 Å². The standard InChI is InChI=1S/C18H14F2N2O2S/c1-11-15(12-5-3-2-4-6-12)25-18(21-11)22-16(23)13-7-9-14(10-8-13)24-17(19)20/h2-10,17H,1H3,(H,21,22,23). The van der Waals surface area contributed by atoms with Gasteiger partial charge in [-0.05, 0) is 36.8 Å². The van der Waals surface area contributed by atoms with Gasteiger partial charge in [-0.25, -0.2) is 4.98 Å². The minimum absolute atomic E-state index is 0.00278. The normalized spacial score (nSPS) is 10.7. The lowest BCUT2D eigenvalue weighted by Crippen LogP contribution is -2.11.